The molecule has 2 aromatic rings. The first kappa shape index (κ1) is 11.6. The minimum Gasteiger partial charge on any atom is -0.441 e. The summed E-state index contributed by atoms with van der Waals surface area (Å²) in [6.45, 7) is 5.42. The Kier molecular flexibility index (Phi) is 3.09. The molecule has 3 nitrogen and oxygen atoms in total. The summed E-state index contributed by atoms with van der Waals surface area (Å²) in [5.41, 5.74) is 2.84. The van der Waals surface area contributed by atoms with E-state index in [9.17, 15) is 4.79 Å². The maximum absolute atomic E-state index is 11.1. The van der Waals surface area contributed by atoms with Gasteiger partial charge in [-0.15, -0.1) is 0 Å². The molecule has 0 spiro atoms. The largest absolute Gasteiger partial charge is 0.441 e. The van der Waals surface area contributed by atoms with Crippen LogP contribution in [-0.4, -0.2) is 10.8 Å². The summed E-state index contributed by atoms with van der Waals surface area (Å²) in [5.74, 6) is 1.40. The number of aromatic nitrogens is 1. The Morgan fingerprint density at radius 1 is 1.35 bits per heavy atom. The third-order valence-corrected chi connectivity index (χ3v) is 2.57. The van der Waals surface area contributed by atoms with Crippen molar-refractivity contribution < 1.29 is 9.21 Å². The Balaban J connectivity index is 2.37. The van der Waals surface area contributed by atoms with Crippen LogP contribution in [0, 0.1) is 13.8 Å². The maximum atomic E-state index is 11.1. The summed E-state index contributed by atoms with van der Waals surface area (Å²) in [5, 5.41) is 0. The number of aryl methyl sites for hydroxylation is 2. The molecule has 2 rings (SSSR count). The van der Waals surface area contributed by atoms with E-state index in [1.807, 2.05) is 38.1 Å². The SMILES string of the molecule is CC(=O)Cc1nc(-c2cccc(C)c2)oc1C. The standard InChI is InChI=1S/C14H15NO2/c1-9-5-4-6-12(7-9)14-15-13(8-10(2)16)11(3)17-14/h4-7H,8H2,1-3H3. The van der Waals surface area contributed by atoms with Crippen molar-refractivity contribution in [3.8, 4) is 11.5 Å². The van der Waals surface area contributed by atoms with Crippen molar-refractivity contribution in [2.24, 2.45) is 0 Å². The van der Waals surface area contributed by atoms with Crippen molar-refractivity contribution in [3.63, 3.8) is 0 Å². The highest BCUT2D eigenvalue weighted by atomic mass is 16.4. The van der Waals surface area contributed by atoms with Crippen molar-refractivity contribution in [2.75, 3.05) is 0 Å². The van der Waals surface area contributed by atoms with Crippen molar-refractivity contribution in [3.05, 3.63) is 41.3 Å². The van der Waals surface area contributed by atoms with E-state index in [1.165, 1.54) is 0 Å². The molecule has 88 valence electrons. The van der Waals surface area contributed by atoms with E-state index in [2.05, 4.69) is 4.98 Å². The van der Waals surface area contributed by atoms with E-state index in [0.29, 0.717) is 12.3 Å². The van der Waals surface area contributed by atoms with Gasteiger partial charge in [0, 0.05) is 5.56 Å². The highest BCUT2D eigenvalue weighted by molar-refractivity contribution is 5.78. The second kappa shape index (κ2) is 4.53. The topological polar surface area (TPSA) is 43.1 Å². The minimum absolute atomic E-state index is 0.0946. The van der Waals surface area contributed by atoms with Crippen LogP contribution in [0.15, 0.2) is 28.7 Å². The third kappa shape index (κ3) is 2.61. The third-order valence-electron chi connectivity index (χ3n) is 2.57. The first-order valence-electron chi connectivity index (χ1n) is 5.59. The number of Topliss-reactive ketones (excluding diaryl/α,β-unsaturated/α-hetero) is 1. The number of rotatable bonds is 3. The molecule has 0 aliphatic heterocycles. The van der Waals surface area contributed by atoms with Crippen molar-refractivity contribution in [1.29, 1.82) is 0 Å². The molecule has 0 saturated heterocycles. The zero-order valence-electron chi connectivity index (χ0n) is 10.3. The van der Waals surface area contributed by atoms with Gasteiger partial charge in [-0.2, -0.15) is 0 Å². The Hall–Kier alpha value is -1.90. The van der Waals surface area contributed by atoms with Gasteiger partial charge in [-0.1, -0.05) is 17.7 Å². The first-order chi connectivity index (χ1) is 8.06. The molecule has 0 amide bonds. The predicted octanol–water partition coefficient (Wildman–Crippen LogP) is 3.09. The van der Waals surface area contributed by atoms with Gasteiger partial charge in [0.25, 0.3) is 0 Å². The highest BCUT2D eigenvalue weighted by Crippen LogP contribution is 2.22. The molecular formula is C14H15NO2. The second-order valence-electron chi connectivity index (χ2n) is 4.27. The number of hydrogen-bond donors (Lipinski definition) is 0. The van der Waals surface area contributed by atoms with Gasteiger partial charge < -0.3 is 4.42 Å². The molecule has 0 atom stereocenters. The van der Waals surface area contributed by atoms with E-state index in [4.69, 9.17) is 4.42 Å². The molecule has 17 heavy (non-hydrogen) atoms. The van der Waals surface area contributed by atoms with Crippen LogP contribution in [0.5, 0.6) is 0 Å². The smallest absolute Gasteiger partial charge is 0.226 e. The van der Waals surface area contributed by atoms with Gasteiger partial charge in [-0.25, -0.2) is 4.98 Å². The quantitative estimate of drug-likeness (QED) is 0.812. The predicted molar refractivity (Wildman–Crippen MR) is 65.8 cm³/mol. The van der Waals surface area contributed by atoms with Crippen LogP contribution in [0.25, 0.3) is 11.5 Å². The van der Waals surface area contributed by atoms with Gasteiger partial charge in [-0.3, -0.25) is 4.79 Å². The van der Waals surface area contributed by atoms with E-state index in [-0.39, 0.29) is 5.78 Å². The fraction of sp³-hybridized carbons (Fsp3) is 0.286. The van der Waals surface area contributed by atoms with Gasteiger partial charge in [0.2, 0.25) is 5.89 Å². The lowest BCUT2D eigenvalue weighted by Gasteiger charge is -1.96. The van der Waals surface area contributed by atoms with E-state index in [1.54, 1.807) is 6.92 Å². The molecule has 0 N–H and O–H groups in total. The average molecular weight is 229 g/mol. The van der Waals surface area contributed by atoms with Crippen molar-refractivity contribution in [1.82, 2.24) is 4.98 Å². The number of hydrogen-bond acceptors (Lipinski definition) is 3. The van der Waals surface area contributed by atoms with Crippen LogP contribution in [0.2, 0.25) is 0 Å². The molecule has 1 aromatic heterocycles. The summed E-state index contributed by atoms with van der Waals surface area (Å²) >= 11 is 0. The summed E-state index contributed by atoms with van der Waals surface area (Å²) in [7, 11) is 0. The Morgan fingerprint density at radius 3 is 2.76 bits per heavy atom. The Labute approximate surface area is 100 Å². The molecular weight excluding hydrogens is 214 g/mol. The fourth-order valence-corrected chi connectivity index (χ4v) is 1.73. The molecule has 0 bridgehead atoms. The van der Waals surface area contributed by atoms with Gasteiger partial charge in [-0.05, 0) is 32.9 Å². The number of oxazole rings is 1. The number of ketones is 1. The van der Waals surface area contributed by atoms with E-state index >= 15 is 0 Å². The van der Waals surface area contributed by atoms with Crippen LogP contribution < -0.4 is 0 Å². The number of carbonyl (C=O) groups excluding carboxylic acids is 1. The fourth-order valence-electron chi connectivity index (χ4n) is 1.73. The van der Waals surface area contributed by atoms with Gasteiger partial charge in [0.1, 0.15) is 11.5 Å². The molecule has 0 unspecified atom stereocenters. The number of carbonyl (C=O) groups is 1. The normalized spacial score (nSPS) is 10.5. The lowest BCUT2D eigenvalue weighted by atomic mass is 10.1. The minimum atomic E-state index is 0.0946. The summed E-state index contributed by atoms with van der Waals surface area (Å²) in [4.78, 5) is 15.5. The molecule has 1 aromatic carbocycles. The Morgan fingerprint density at radius 2 is 2.12 bits per heavy atom. The van der Waals surface area contributed by atoms with Crippen LogP contribution in [0.3, 0.4) is 0 Å². The number of benzene rings is 1. The summed E-state index contributed by atoms with van der Waals surface area (Å²) in [6, 6.07) is 7.96. The monoisotopic (exact) mass is 229 g/mol. The first-order valence-corrected chi connectivity index (χ1v) is 5.59. The van der Waals surface area contributed by atoms with Crippen LogP contribution in [0.1, 0.15) is 23.9 Å². The van der Waals surface area contributed by atoms with Gasteiger partial charge >= 0.3 is 0 Å². The molecule has 3 heteroatoms. The Bertz CT molecular complexity index is 555. The second-order valence-corrected chi connectivity index (χ2v) is 4.27. The lowest BCUT2D eigenvalue weighted by molar-refractivity contribution is -0.116. The van der Waals surface area contributed by atoms with Crippen LogP contribution in [0.4, 0.5) is 0 Å². The number of nitrogens with zero attached hydrogens (tertiary/aromatic N) is 1. The summed E-state index contributed by atoms with van der Waals surface area (Å²) < 4.78 is 5.59. The zero-order chi connectivity index (χ0) is 12.4. The molecule has 0 aliphatic rings. The van der Waals surface area contributed by atoms with Crippen molar-refractivity contribution in [2.45, 2.75) is 27.2 Å². The molecule has 0 aliphatic carbocycles. The highest BCUT2D eigenvalue weighted by Gasteiger charge is 2.12. The van der Waals surface area contributed by atoms with Gasteiger partial charge in [0.15, 0.2) is 0 Å². The van der Waals surface area contributed by atoms with Gasteiger partial charge in [0.05, 0.1) is 12.1 Å². The molecule has 0 radical (unpaired) electrons. The van der Waals surface area contributed by atoms with Crippen LogP contribution >= 0.6 is 0 Å². The van der Waals surface area contributed by atoms with Crippen LogP contribution in [-0.2, 0) is 11.2 Å². The van der Waals surface area contributed by atoms with Crippen molar-refractivity contribution >= 4 is 5.78 Å². The maximum Gasteiger partial charge on any atom is 0.226 e. The van der Waals surface area contributed by atoms with E-state index < -0.39 is 0 Å². The molecule has 1 heterocycles. The zero-order valence-corrected chi connectivity index (χ0v) is 10.3. The van der Waals surface area contributed by atoms with E-state index in [0.717, 1.165) is 22.6 Å². The average Bonchev–Trinajstić information content (AvgIpc) is 2.59. The summed E-state index contributed by atoms with van der Waals surface area (Å²) in [6.07, 6.45) is 0.334. The lowest BCUT2D eigenvalue weighted by Crippen LogP contribution is -1.98. The molecule has 0 saturated carbocycles. The molecule has 0 fully saturated rings.